The number of pyridine rings is 1. The highest BCUT2D eigenvalue weighted by molar-refractivity contribution is 7.81. The van der Waals surface area contributed by atoms with Crippen LogP contribution in [0.15, 0.2) is 30.5 Å². The number of carbonyl (C=O) groups is 2. The molecule has 0 radical (unpaired) electrons. The van der Waals surface area contributed by atoms with Crippen molar-refractivity contribution in [1.29, 1.82) is 0 Å². The average Bonchev–Trinajstić information content (AvgIpc) is 3.50. The second-order valence-electron chi connectivity index (χ2n) is 8.50. The van der Waals surface area contributed by atoms with E-state index >= 15 is 0 Å². The van der Waals surface area contributed by atoms with Gasteiger partial charge in [-0.05, 0) is 81.1 Å². The highest BCUT2D eigenvalue weighted by atomic mass is 32.1. The van der Waals surface area contributed by atoms with Crippen molar-refractivity contribution >= 4 is 46.3 Å². The zero-order valence-corrected chi connectivity index (χ0v) is 18.2. The van der Waals surface area contributed by atoms with E-state index in [-0.39, 0.29) is 28.4 Å². The lowest BCUT2D eigenvalue weighted by atomic mass is 9.75. The number of anilines is 2. The van der Waals surface area contributed by atoms with Gasteiger partial charge in [0.25, 0.3) is 17.6 Å². The molecule has 32 heavy (non-hydrogen) atoms. The van der Waals surface area contributed by atoms with Crippen molar-refractivity contribution in [3.8, 4) is 0 Å². The van der Waals surface area contributed by atoms with E-state index in [1.165, 1.54) is 23.2 Å². The number of halogens is 1. The molecule has 1 spiro atoms. The largest absolute Gasteiger partial charge is 0.360 e. The first kappa shape index (κ1) is 20.5. The Morgan fingerprint density at radius 3 is 2.62 bits per heavy atom. The van der Waals surface area contributed by atoms with Crippen LogP contribution in [0.2, 0.25) is 0 Å². The number of carbonyl (C=O) groups excluding carboxylic acids is 2. The maximum absolute atomic E-state index is 14.9. The lowest BCUT2D eigenvalue weighted by Crippen LogP contribution is -2.55. The van der Waals surface area contributed by atoms with Crippen LogP contribution >= 0.6 is 12.2 Å². The molecule has 1 saturated heterocycles. The van der Waals surface area contributed by atoms with Crippen LogP contribution in [0.25, 0.3) is 4.85 Å². The monoisotopic (exact) mass is 449 g/mol. The van der Waals surface area contributed by atoms with Gasteiger partial charge in [-0.2, -0.15) is 0 Å². The molecule has 0 bridgehead atoms. The Labute approximate surface area is 190 Å². The van der Waals surface area contributed by atoms with E-state index in [0.29, 0.717) is 29.8 Å². The van der Waals surface area contributed by atoms with Crippen LogP contribution in [0.4, 0.5) is 21.6 Å². The van der Waals surface area contributed by atoms with Gasteiger partial charge < -0.3 is 15.1 Å². The number of nitrogens with one attached hydrogen (secondary N) is 1. The number of hydrogen-bond donors (Lipinski definition) is 1. The van der Waals surface area contributed by atoms with Gasteiger partial charge in [0.15, 0.2) is 5.11 Å². The fourth-order valence-corrected chi connectivity index (χ4v) is 4.79. The Morgan fingerprint density at radius 1 is 1.31 bits per heavy atom. The molecule has 0 atom stereocenters. The molecule has 1 aromatic carbocycles. The Balaban J connectivity index is 1.51. The minimum Gasteiger partial charge on any atom is -0.360 e. The Kier molecular flexibility index (Phi) is 4.71. The van der Waals surface area contributed by atoms with Crippen LogP contribution in [0.5, 0.6) is 0 Å². The number of hydrogen-bond acceptors (Lipinski definition) is 4. The summed E-state index contributed by atoms with van der Waals surface area (Å²) in [6, 6.07) is 6.20. The predicted octanol–water partition coefficient (Wildman–Crippen LogP) is 4.03. The van der Waals surface area contributed by atoms with Crippen molar-refractivity contribution in [2.45, 2.75) is 50.6 Å². The standard InChI is InChI=1S/C23H20FN5O2S/c1-13-10-16(12-26-19(13)25-2)28-21(31)23(8-3-9-23)29(22(28)32)15-6-7-17(18(24)11-15)20(30)27-14-4-5-14/h6-7,10-12,14H,3-5,8-9H2,1H3,(H,27,30). The zero-order chi connectivity index (χ0) is 22.6. The molecule has 2 saturated carbocycles. The number of benzene rings is 1. The lowest BCUT2D eigenvalue weighted by Gasteiger charge is -2.43. The lowest BCUT2D eigenvalue weighted by molar-refractivity contribution is -0.123. The van der Waals surface area contributed by atoms with Gasteiger partial charge in [0.2, 0.25) is 0 Å². The third-order valence-electron chi connectivity index (χ3n) is 6.36. The maximum atomic E-state index is 14.9. The third-order valence-corrected chi connectivity index (χ3v) is 6.73. The number of nitrogens with zero attached hydrogens (tertiary/aromatic N) is 4. The molecular formula is C23H20FN5O2S. The first-order valence-electron chi connectivity index (χ1n) is 10.5. The van der Waals surface area contributed by atoms with Gasteiger partial charge in [-0.15, -0.1) is 4.98 Å². The van der Waals surface area contributed by atoms with Gasteiger partial charge in [-0.1, -0.05) is 6.57 Å². The molecule has 2 aliphatic carbocycles. The van der Waals surface area contributed by atoms with E-state index in [4.69, 9.17) is 18.8 Å². The van der Waals surface area contributed by atoms with Crippen molar-refractivity contribution in [2.24, 2.45) is 0 Å². The van der Waals surface area contributed by atoms with Crippen LogP contribution in [-0.4, -0.2) is 33.5 Å². The van der Waals surface area contributed by atoms with Gasteiger partial charge in [-0.3, -0.25) is 14.5 Å². The van der Waals surface area contributed by atoms with E-state index in [9.17, 15) is 14.0 Å². The molecular weight excluding hydrogens is 429 g/mol. The number of aromatic nitrogens is 1. The molecule has 3 aliphatic rings. The molecule has 2 heterocycles. The van der Waals surface area contributed by atoms with E-state index in [0.717, 1.165) is 19.3 Å². The average molecular weight is 450 g/mol. The van der Waals surface area contributed by atoms with Gasteiger partial charge in [0.1, 0.15) is 17.6 Å². The Bertz CT molecular complexity index is 1220. The summed E-state index contributed by atoms with van der Waals surface area (Å²) in [5.74, 6) is -0.995. The van der Waals surface area contributed by atoms with Crippen LogP contribution in [-0.2, 0) is 4.79 Å². The predicted molar refractivity (Wildman–Crippen MR) is 121 cm³/mol. The molecule has 162 valence electrons. The normalized spacial score (nSPS) is 19.2. The van der Waals surface area contributed by atoms with Crippen LogP contribution in [0, 0.1) is 19.3 Å². The second kappa shape index (κ2) is 7.35. The van der Waals surface area contributed by atoms with E-state index in [1.807, 2.05) is 0 Å². The van der Waals surface area contributed by atoms with Crippen molar-refractivity contribution in [2.75, 3.05) is 9.80 Å². The summed E-state index contributed by atoms with van der Waals surface area (Å²) < 4.78 is 14.9. The Morgan fingerprint density at radius 2 is 2.06 bits per heavy atom. The van der Waals surface area contributed by atoms with Crippen LogP contribution in [0.3, 0.4) is 0 Å². The summed E-state index contributed by atoms with van der Waals surface area (Å²) in [5.41, 5.74) is 0.679. The summed E-state index contributed by atoms with van der Waals surface area (Å²) in [6.07, 6.45) is 5.35. The van der Waals surface area contributed by atoms with Gasteiger partial charge in [-0.25, -0.2) is 4.39 Å². The van der Waals surface area contributed by atoms with Gasteiger partial charge in [0.05, 0.1) is 11.3 Å². The zero-order valence-electron chi connectivity index (χ0n) is 17.4. The van der Waals surface area contributed by atoms with E-state index < -0.39 is 17.3 Å². The van der Waals surface area contributed by atoms with E-state index in [2.05, 4.69) is 15.1 Å². The third kappa shape index (κ3) is 3.06. The molecule has 2 amide bonds. The van der Waals surface area contributed by atoms with Gasteiger partial charge >= 0.3 is 0 Å². The molecule has 2 aromatic rings. The number of amides is 2. The molecule has 9 heteroatoms. The second-order valence-corrected chi connectivity index (χ2v) is 8.87. The molecule has 5 rings (SSSR count). The minimum atomic E-state index is -0.867. The molecule has 1 aliphatic heterocycles. The number of thiocarbonyl (C=S) groups is 1. The first-order valence-corrected chi connectivity index (χ1v) is 10.9. The summed E-state index contributed by atoms with van der Waals surface area (Å²) in [7, 11) is 0. The summed E-state index contributed by atoms with van der Waals surface area (Å²) in [5, 5.41) is 3.03. The van der Waals surface area contributed by atoms with Crippen molar-refractivity contribution in [3.63, 3.8) is 0 Å². The quantitative estimate of drug-likeness (QED) is 0.564. The molecule has 1 aromatic heterocycles. The highest BCUT2D eigenvalue weighted by Crippen LogP contribution is 2.48. The first-order chi connectivity index (χ1) is 15.4. The highest BCUT2D eigenvalue weighted by Gasteiger charge is 2.59. The molecule has 7 nitrogen and oxygen atoms in total. The van der Waals surface area contributed by atoms with Crippen molar-refractivity contribution in [3.05, 3.63) is 58.8 Å². The fraction of sp³-hybridized carbons (Fsp3) is 0.348. The molecule has 3 fully saturated rings. The minimum absolute atomic E-state index is 0.0221. The molecule has 0 unspecified atom stereocenters. The van der Waals surface area contributed by atoms with E-state index in [1.54, 1.807) is 24.0 Å². The number of rotatable bonds is 4. The van der Waals surface area contributed by atoms with Crippen molar-refractivity contribution in [1.82, 2.24) is 10.3 Å². The van der Waals surface area contributed by atoms with Crippen LogP contribution in [0.1, 0.15) is 48.0 Å². The maximum Gasteiger partial charge on any atom is 0.272 e. The van der Waals surface area contributed by atoms with Crippen molar-refractivity contribution < 1.29 is 14.0 Å². The fourth-order valence-electron chi connectivity index (χ4n) is 4.32. The van der Waals surface area contributed by atoms with Gasteiger partial charge in [0, 0.05) is 11.7 Å². The SMILES string of the molecule is [C-]#[N+]c1ncc(N2C(=O)C3(CCC3)N(c3ccc(C(=O)NC4CC4)c(F)c3)C2=S)cc1C. The smallest absolute Gasteiger partial charge is 0.272 e. The Hall–Kier alpha value is -3.38. The number of aryl methyl sites for hydroxylation is 1. The summed E-state index contributed by atoms with van der Waals surface area (Å²) in [6.45, 7) is 8.94. The summed E-state index contributed by atoms with van der Waals surface area (Å²) >= 11 is 5.69. The summed E-state index contributed by atoms with van der Waals surface area (Å²) in [4.78, 5) is 36.4. The topological polar surface area (TPSA) is 69.9 Å². The van der Waals surface area contributed by atoms with Crippen LogP contribution < -0.4 is 15.1 Å². The molecule has 1 N–H and O–H groups in total.